The molecular formula is C34H41N3O3. The molecule has 0 radical (unpaired) electrons. The number of H-pyrrole nitrogens is 1. The Morgan fingerprint density at radius 1 is 1.05 bits per heavy atom. The summed E-state index contributed by atoms with van der Waals surface area (Å²) in [7, 11) is 0. The van der Waals surface area contributed by atoms with Crippen LogP contribution in [-0.4, -0.2) is 50.9 Å². The highest BCUT2D eigenvalue weighted by atomic mass is 16.4. The number of ketones is 1. The monoisotopic (exact) mass is 539 g/mol. The number of fused-ring (bicyclic) bond motifs is 6. The first-order chi connectivity index (χ1) is 19.5. The van der Waals surface area contributed by atoms with E-state index in [0.717, 1.165) is 68.0 Å². The largest absolute Gasteiger partial charge is 0.478 e. The van der Waals surface area contributed by atoms with Crippen molar-refractivity contribution in [3.8, 4) is 0 Å². The van der Waals surface area contributed by atoms with Gasteiger partial charge in [-0.15, -0.1) is 0 Å². The van der Waals surface area contributed by atoms with Crippen LogP contribution in [0.3, 0.4) is 0 Å². The molecule has 40 heavy (non-hydrogen) atoms. The Bertz CT molecular complexity index is 1590. The van der Waals surface area contributed by atoms with Crippen LogP contribution in [0, 0.1) is 11.8 Å². The quantitative estimate of drug-likeness (QED) is 0.458. The number of hydrogen-bond acceptors (Lipinski definition) is 3. The maximum Gasteiger partial charge on any atom is 0.337 e. The maximum atomic E-state index is 14.4. The molecule has 4 heterocycles. The van der Waals surface area contributed by atoms with Crippen molar-refractivity contribution in [2.75, 3.05) is 19.6 Å². The van der Waals surface area contributed by atoms with Crippen molar-refractivity contribution in [2.45, 2.75) is 83.0 Å². The fourth-order valence-corrected chi connectivity index (χ4v) is 8.52. The number of hydrogen-bond donors (Lipinski definition) is 2. The van der Waals surface area contributed by atoms with E-state index in [0.29, 0.717) is 17.3 Å². The maximum absolute atomic E-state index is 14.4. The van der Waals surface area contributed by atoms with Crippen LogP contribution in [0.1, 0.15) is 105 Å². The standard InChI is InChI=1S/C34H41N3O3/c1-2-36-16-8-12-23(19-36)33(38)26-15-7-14-25-30(26)29-17-22-11-6-13-24(21-9-4-3-5-10-21)32(22)37(29)20-28-27(34(39)40)18-35-31(25)28/h6,11,13,17-18,20-21,23,26,30,35H,2-5,7-10,12,14-16,19H2,1H3,(H,39,40)/t23-,26?,30-/m1/s1. The number of carbonyl (C=O) groups excluding carboxylic acids is 1. The predicted octanol–water partition coefficient (Wildman–Crippen LogP) is 5.35. The zero-order valence-electron chi connectivity index (χ0n) is 23.6. The summed E-state index contributed by atoms with van der Waals surface area (Å²) in [6.45, 7) is 5.14. The molecule has 3 aromatic rings. The van der Waals surface area contributed by atoms with Crippen LogP contribution < -0.4 is 10.6 Å². The molecule has 0 bridgehead atoms. The number of carbonyl (C=O) groups is 2. The van der Waals surface area contributed by atoms with Crippen LogP contribution in [-0.2, 0) is 4.79 Å². The molecule has 1 unspecified atom stereocenters. The van der Waals surface area contributed by atoms with E-state index >= 15 is 0 Å². The van der Waals surface area contributed by atoms with Gasteiger partial charge in [0.2, 0.25) is 0 Å². The van der Waals surface area contributed by atoms with Crippen LogP contribution in [0.5, 0.6) is 0 Å². The first-order valence-corrected chi connectivity index (χ1v) is 15.6. The molecule has 2 aromatic heterocycles. The minimum absolute atomic E-state index is 0.0392. The van der Waals surface area contributed by atoms with Gasteiger partial charge in [-0.3, -0.25) is 4.79 Å². The molecule has 2 aliphatic carbocycles. The van der Waals surface area contributed by atoms with Gasteiger partial charge in [0.1, 0.15) is 5.78 Å². The lowest BCUT2D eigenvalue weighted by atomic mass is 9.69. The van der Waals surface area contributed by atoms with Gasteiger partial charge < -0.3 is 19.6 Å². The van der Waals surface area contributed by atoms with Crippen molar-refractivity contribution in [1.29, 1.82) is 0 Å². The number of carboxylic acids is 1. The molecule has 7 rings (SSSR count). The number of nitrogens with one attached hydrogen (secondary N) is 1. The van der Waals surface area contributed by atoms with E-state index in [-0.39, 0.29) is 17.8 Å². The van der Waals surface area contributed by atoms with Crippen LogP contribution in [0.4, 0.5) is 0 Å². The summed E-state index contributed by atoms with van der Waals surface area (Å²) >= 11 is 0. The number of nitrogens with zero attached hydrogens (tertiary/aromatic N) is 2. The van der Waals surface area contributed by atoms with Crippen molar-refractivity contribution >= 4 is 34.4 Å². The average molecular weight is 540 g/mol. The highest BCUT2D eigenvalue weighted by Crippen LogP contribution is 2.47. The van der Waals surface area contributed by atoms with Crippen molar-refractivity contribution in [3.63, 3.8) is 0 Å². The summed E-state index contributed by atoms with van der Waals surface area (Å²) in [6, 6.07) is 8.99. The van der Waals surface area contributed by atoms with E-state index in [9.17, 15) is 14.7 Å². The van der Waals surface area contributed by atoms with E-state index in [1.807, 2.05) is 0 Å². The summed E-state index contributed by atoms with van der Waals surface area (Å²) in [5.41, 5.74) is 5.27. The zero-order chi connectivity index (χ0) is 27.4. The third kappa shape index (κ3) is 4.18. The molecular weight excluding hydrogens is 498 g/mol. The van der Waals surface area contributed by atoms with Crippen molar-refractivity contribution in [1.82, 2.24) is 14.5 Å². The smallest absolute Gasteiger partial charge is 0.337 e. The molecule has 0 spiro atoms. The van der Waals surface area contributed by atoms with Gasteiger partial charge >= 0.3 is 5.97 Å². The number of benzene rings is 1. The minimum Gasteiger partial charge on any atom is -0.478 e. The van der Waals surface area contributed by atoms with Gasteiger partial charge in [-0.2, -0.15) is 0 Å². The van der Waals surface area contributed by atoms with Gasteiger partial charge in [-0.25, -0.2) is 4.79 Å². The Morgan fingerprint density at radius 3 is 2.70 bits per heavy atom. The normalized spacial score (nSPS) is 25.5. The van der Waals surface area contributed by atoms with Gasteiger partial charge in [0, 0.05) is 58.3 Å². The molecule has 1 aromatic carbocycles. The van der Waals surface area contributed by atoms with Crippen LogP contribution >= 0.6 is 0 Å². The molecule has 3 fully saturated rings. The third-order valence-corrected chi connectivity index (χ3v) is 10.5. The number of aromatic carboxylic acids is 1. The number of carboxylic acid groups (broad SMARTS) is 1. The van der Waals surface area contributed by atoms with E-state index in [1.165, 1.54) is 54.1 Å². The van der Waals surface area contributed by atoms with Gasteiger partial charge in [0.15, 0.2) is 0 Å². The molecule has 2 N–H and O–H groups in total. The second-order valence-electron chi connectivity index (χ2n) is 12.6. The Morgan fingerprint density at radius 2 is 1.90 bits per heavy atom. The lowest BCUT2D eigenvalue weighted by Crippen LogP contribution is -2.43. The molecule has 210 valence electrons. The Hall–Kier alpha value is -3.12. The van der Waals surface area contributed by atoms with E-state index in [2.05, 4.69) is 51.8 Å². The fraction of sp³-hybridized carbons (Fsp3) is 0.529. The lowest BCUT2D eigenvalue weighted by Gasteiger charge is -2.38. The zero-order valence-corrected chi connectivity index (χ0v) is 23.6. The second kappa shape index (κ2) is 10.4. The average Bonchev–Trinajstić information content (AvgIpc) is 3.55. The van der Waals surface area contributed by atoms with E-state index in [1.54, 1.807) is 6.20 Å². The van der Waals surface area contributed by atoms with Crippen LogP contribution in [0.25, 0.3) is 22.7 Å². The van der Waals surface area contributed by atoms with E-state index in [4.69, 9.17) is 0 Å². The van der Waals surface area contributed by atoms with Gasteiger partial charge in [-0.1, -0.05) is 44.4 Å². The summed E-state index contributed by atoms with van der Waals surface area (Å²) in [5.74, 6) is -0.0158. The fourth-order valence-electron chi connectivity index (χ4n) is 8.52. The minimum atomic E-state index is -0.913. The highest BCUT2D eigenvalue weighted by Gasteiger charge is 2.42. The molecule has 2 saturated carbocycles. The number of aromatic amines is 1. The van der Waals surface area contributed by atoms with Crippen molar-refractivity contribution in [3.05, 3.63) is 57.9 Å². The Labute approximate surface area is 235 Å². The molecule has 0 amide bonds. The molecule has 6 nitrogen and oxygen atoms in total. The molecule has 1 saturated heterocycles. The first-order valence-electron chi connectivity index (χ1n) is 15.6. The molecule has 3 atom stereocenters. The summed E-state index contributed by atoms with van der Waals surface area (Å²) < 4.78 is 2.31. The topological polar surface area (TPSA) is 78.3 Å². The highest BCUT2D eigenvalue weighted by molar-refractivity contribution is 5.93. The van der Waals surface area contributed by atoms with E-state index < -0.39 is 5.97 Å². The number of piperidine rings is 1. The van der Waals surface area contributed by atoms with Crippen LogP contribution in [0.15, 0.2) is 30.5 Å². The molecule has 4 aliphatic rings. The number of Topliss-reactive ketones (excluding diaryl/α,β-unsaturated/α-hetero) is 1. The van der Waals surface area contributed by atoms with Crippen molar-refractivity contribution < 1.29 is 14.7 Å². The molecule has 6 heteroatoms. The number of likely N-dealkylation sites (tertiary alicyclic amines) is 1. The van der Waals surface area contributed by atoms with Crippen molar-refractivity contribution in [2.24, 2.45) is 11.8 Å². The number of para-hydroxylation sites is 1. The summed E-state index contributed by atoms with van der Waals surface area (Å²) in [6.07, 6.45) is 14.8. The SMILES string of the molecule is CCN1CCC[C@@H](C(=O)C2CCCC3=c4[nH]cc(C(=O)O)c4=Cn4c(cc5cccc(C6CCCCC6)c54)[C@H]32)C1. The third-order valence-electron chi connectivity index (χ3n) is 10.5. The van der Waals surface area contributed by atoms with Gasteiger partial charge in [0.05, 0.1) is 11.1 Å². The Balaban J connectivity index is 1.44. The predicted molar refractivity (Wildman–Crippen MR) is 158 cm³/mol. The molecule has 2 aliphatic heterocycles. The number of aromatic nitrogens is 2. The first kappa shape index (κ1) is 25.8. The lowest BCUT2D eigenvalue weighted by molar-refractivity contribution is -0.129. The summed E-state index contributed by atoms with van der Waals surface area (Å²) in [5, 5.41) is 13.0. The van der Waals surface area contributed by atoms with Gasteiger partial charge in [-0.05, 0) is 81.2 Å². The second-order valence-corrected chi connectivity index (χ2v) is 12.6. The van der Waals surface area contributed by atoms with Gasteiger partial charge in [0.25, 0.3) is 0 Å². The van der Waals surface area contributed by atoms with Crippen LogP contribution in [0.2, 0.25) is 0 Å². The summed E-state index contributed by atoms with van der Waals surface area (Å²) in [4.78, 5) is 32.5. The number of rotatable bonds is 5. The Kier molecular flexibility index (Phi) is 6.69.